The molecule has 22 heavy (non-hydrogen) atoms. The van der Waals surface area contributed by atoms with Crippen molar-refractivity contribution in [2.45, 2.75) is 19.4 Å². The second-order valence-electron chi connectivity index (χ2n) is 4.63. The number of benzene rings is 1. The highest BCUT2D eigenvalue weighted by Crippen LogP contribution is 2.25. The highest BCUT2D eigenvalue weighted by molar-refractivity contribution is 7.12. The molecule has 1 unspecified atom stereocenters. The van der Waals surface area contributed by atoms with E-state index in [1.807, 2.05) is 6.07 Å². The fourth-order valence-electron chi connectivity index (χ4n) is 1.75. The highest BCUT2D eigenvalue weighted by Gasteiger charge is 2.44. The van der Waals surface area contributed by atoms with Crippen molar-refractivity contribution in [3.63, 3.8) is 0 Å². The second-order valence-corrected chi connectivity index (χ2v) is 5.58. The summed E-state index contributed by atoms with van der Waals surface area (Å²) in [6.07, 6.45) is 0. The molecule has 6 heteroatoms. The van der Waals surface area contributed by atoms with Crippen LogP contribution >= 0.6 is 11.3 Å². The van der Waals surface area contributed by atoms with Crippen LogP contribution in [-0.4, -0.2) is 23.9 Å². The van der Waals surface area contributed by atoms with Gasteiger partial charge < -0.3 is 4.74 Å². The van der Waals surface area contributed by atoms with Crippen molar-refractivity contribution in [1.29, 1.82) is 0 Å². The molecule has 0 radical (unpaired) electrons. The van der Waals surface area contributed by atoms with Crippen molar-refractivity contribution in [1.82, 2.24) is 0 Å². The van der Waals surface area contributed by atoms with Gasteiger partial charge in [-0.15, -0.1) is 11.3 Å². The Morgan fingerprint density at radius 1 is 1.18 bits per heavy atom. The number of azo groups is 1. The van der Waals surface area contributed by atoms with Crippen LogP contribution in [0.1, 0.15) is 23.5 Å². The Bertz CT molecular complexity index is 668. The number of rotatable bonds is 6. The molecule has 0 saturated carbocycles. The molecule has 1 heterocycles. The van der Waals surface area contributed by atoms with Crippen LogP contribution in [0.3, 0.4) is 0 Å². The first kappa shape index (κ1) is 16.0. The molecule has 1 aromatic carbocycles. The minimum atomic E-state index is -1.68. The maximum absolute atomic E-state index is 12.6. The molecule has 0 aliphatic carbocycles. The summed E-state index contributed by atoms with van der Waals surface area (Å²) in [6, 6.07) is 12.3. The summed E-state index contributed by atoms with van der Waals surface area (Å²) < 4.78 is 5.01. The number of ketones is 1. The molecule has 0 fully saturated rings. The monoisotopic (exact) mass is 316 g/mol. The number of Topliss-reactive ketones (excluding diaryl/α,β-unsaturated/α-hetero) is 1. The Morgan fingerprint density at radius 2 is 1.91 bits per heavy atom. The summed E-state index contributed by atoms with van der Waals surface area (Å²) in [7, 11) is 0. The van der Waals surface area contributed by atoms with E-state index in [4.69, 9.17) is 4.74 Å². The molecule has 0 saturated heterocycles. The third-order valence-corrected chi connectivity index (χ3v) is 3.85. The van der Waals surface area contributed by atoms with E-state index in [0.717, 1.165) is 0 Å². The largest absolute Gasteiger partial charge is 0.464 e. The first-order valence-electron chi connectivity index (χ1n) is 6.81. The Morgan fingerprint density at radius 3 is 2.50 bits per heavy atom. The summed E-state index contributed by atoms with van der Waals surface area (Å²) >= 11 is 1.26. The third-order valence-electron chi connectivity index (χ3n) is 2.98. The van der Waals surface area contributed by atoms with Crippen LogP contribution in [0.4, 0.5) is 5.69 Å². The average Bonchev–Trinajstić information content (AvgIpc) is 3.07. The quantitative estimate of drug-likeness (QED) is 0.349. The first-order chi connectivity index (χ1) is 10.6. The Balaban J connectivity index is 2.35. The second kappa shape index (κ2) is 7.09. The van der Waals surface area contributed by atoms with Crippen LogP contribution in [0, 0.1) is 0 Å². The standard InChI is InChI=1S/C16H16N2O3S/c1-3-21-15(20)16(2,14(19)13-10-7-11-22-13)18-17-12-8-5-4-6-9-12/h4-11H,3H2,1-2H3. The molecule has 2 aromatic rings. The predicted octanol–water partition coefficient (Wildman–Crippen LogP) is 4.04. The summed E-state index contributed by atoms with van der Waals surface area (Å²) in [5.41, 5.74) is -1.12. The van der Waals surface area contributed by atoms with Gasteiger partial charge in [0, 0.05) is 0 Å². The van der Waals surface area contributed by atoms with Crippen molar-refractivity contribution in [3.05, 3.63) is 52.7 Å². The van der Waals surface area contributed by atoms with E-state index in [0.29, 0.717) is 10.6 Å². The number of nitrogens with zero attached hydrogens (tertiary/aromatic N) is 2. The number of ether oxygens (including phenoxy) is 1. The molecule has 0 aliphatic rings. The number of carbonyl (C=O) groups excluding carboxylic acids is 2. The van der Waals surface area contributed by atoms with Crippen molar-refractivity contribution < 1.29 is 14.3 Å². The number of thiophene rings is 1. The van der Waals surface area contributed by atoms with Crippen molar-refractivity contribution in [3.8, 4) is 0 Å². The molecule has 1 aromatic heterocycles. The lowest BCUT2D eigenvalue weighted by molar-refractivity contribution is -0.147. The topological polar surface area (TPSA) is 68.1 Å². The van der Waals surface area contributed by atoms with Crippen molar-refractivity contribution in [2.24, 2.45) is 10.2 Å². The molecular formula is C16H16N2O3S. The smallest absolute Gasteiger partial charge is 0.343 e. The van der Waals surface area contributed by atoms with Gasteiger partial charge in [0.05, 0.1) is 17.2 Å². The van der Waals surface area contributed by atoms with E-state index >= 15 is 0 Å². The van der Waals surface area contributed by atoms with Crippen molar-refractivity contribution >= 4 is 28.8 Å². The summed E-state index contributed by atoms with van der Waals surface area (Å²) in [4.78, 5) is 25.3. The summed E-state index contributed by atoms with van der Waals surface area (Å²) in [5.74, 6) is -1.12. The van der Waals surface area contributed by atoms with Gasteiger partial charge in [-0.2, -0.15) is 10.2 Å². The Labute approximate surface area is 132 Å². The fraction of sp³-hybridized carbons (Fsp3) is 0.250. The molecule has 114 valence electrons. The average molecular weight is 316 g/mol. The maximum Gasteiger partial charge on any atom is 0.343 e. The van der Waals surface area contributed by atoms with Gasteiger partial charge in [-0.25, -0.2) is 4.79 Å². The van der Waals surface area contributed by atoms with E-state index in [9.17, 15) is 9.59 Å². The van der Waals surface area contributed by atoms with E-state index in [1.54, 1.807) is 48.7 Å². The first-order valence-corrected chi connectivity index (χ1v) is 7.69. The lowest BCUT2D eigenvalue weighted by Gasteiger charge is -2.19. The minimum absolute atomic E-state index is 0.174. The van der Waals surface area contributed by atoms with E-state index < -0.39 is 17.3 Å². The molecule has 0 N–H and O–H groups in total. The van der Waals surface area contributed by atoms with Gasteiger partial charge in [0.25, 0.3) is 0 Å². The zero-order valence-electron chi connectivity index (χ0n) is 12.4. The van der Waals surface area contributed by atoms with E-state index in [2.05, 4.69) is 10.2 Å². The third kappa shape index (κ3) is 3.46. The van der Waals surface area contributed by atoms with Gasteiger partial charge in [0.15, 0.2) is 0 Å². The Hall–Kier alpha value is -2.34. The molecule has 0 bridgehead atoms. The highest BCUT2D eigenvalue weighted by atomic mass is 32.1. The van der Waals surface area contributed by atoms with E-state index in [-0.39, 0.29) is 6.61 Å². The summed E-state index contributed by atoms with van der Waals surface area (Å²) in [6.45, 7) is 3.29. The zero-order valence-corrected chi connectivity index (χ0v) is 13.2. The lowest BCUT2D eigenvalue weighted by Crippen LogP contribution is -2.42. The van der Waals surface area contributed by atoms with Gasteiger partial charge in [0.2, 0.25) is 11.3 Å². The molecule has 5 nitrogen and oxygen atoms in total. The minimum Gasteiger partial charge on any atom is -0.464 e. The number of carbonyl (C=O) groups is 2. The van der Waals surface area contributed by atoms with Gasteiger partial charge >= 0.3 is 5.97 Å². The number of hydrogen-bond donors (Lipinski definition) is 0. The van der Waals surface area contributed by atoms with E-state index in [1.165, 1.54) is 18.3 Å². The fourth-order valence-corrected chi connectivity index (χ4v) is 2.52. The van der Waals surface area contributed by atoms with Crippen LogP contribution in [0.5, 0.6) is 0 Å². The molecule has 0 amide bonds. The maximum atomic E-state index is 12.6. The lowest BCUT2D eigenvalue weighted by atomic mass is 9.96. The molecule has 2 rings (SSSR count). The zero-order chi connectivity index (χ0) is 16.0. The Kier molecular flexibility index (Phi) is 5.16. The van der Waals surface area contributed by atoms with Crippen LogP contribution in [-0.2, 0) is 9.53 Å². The number of hydrogen-bond acceptors (Lipinski definition) is 6. The van der Waals surface area contributed by atoms with Gasteiger partial charge in [-0.05, 0) is 37.4 Å². The molecule has 0 aliphatic heterocycles. The normalized spacial score (nSPS) is 13.7. The van der Waals surface area contributed by atoms with Gasteiger partial charge in [-0.3, -0.25) is 4.79 Å². The van der Waals surface area contributed by atoms with Gasteiger partial charge in [0.1, 0.15) is 0 Å². The molecular weight excluding hydrogens is 300 g/mol. The van der Waals surface area contributed by atoms with Gasteiger partial charge in [-0.1, -0.05) is 24.3 Å². The van der Waals surface area contributed by atoms with Crippen LogP contribution in [0.15, 0.2) is 58.1 Å². The summed E-state index contributed by atoms with van der Waals surface area (Å²) in [5, 5.41) is 9.80. The molecule has 0 spiro atoms. The predicted molar refractivity (Wildman–Crippen MR) is 84.6 cm³/mol. The van der Waals surface area contributed by atoms with Crippen LogP contribution < -0.4 is 0 Å². The van der Waals surface area contributed by atoms with Crippen LogP contribution in [0.25, 0.3) is 0 Å². The van der Waals surface area contributed by atoms with Crippen molar-refractivity contribution in [2.75, 3.05) is 6.61 Å². The number of esters is 1. The van der Waals surface area contributed by atoms with Crippen LogP contribution in [0.2, 0.25) is 0 Å². The molecule has 1 atom stereocenters. The SMILES string of the molecule is CCOC(=O)C(C)(N=Nc1ccccc1)C(=O)c1cccs1.